The molecule has 0 radical (unpaired) electrons. The Bertz CT molecular complexity index is 566. The molecule has 1 amide bonds. The maximum Gasteiger partial charge on any atom is 0.226 e. The summed E-state index contributed by atoms with van der Waals surface area (Å²) in [4.78, 5) is 16.2. The summed E-state index contributed by atoms with van der Waals surface area (Å²) in [5, 5.41) is 5.50. The molecule has 1 aromatic heterocycles. The quantitative estimate of drug-likeness (QED) is 0.735. The lowest BCUT2D eigenvalue weighted by molar-refractivity contribution is -0.116. The molecule has 1 aromatic carbocycles. The average Bonchev–Trinajstić information content (AvgIpc) is 2.88. The largest absolute Gasteiger partial charge is 0.302 e. The normalized spacial score (nSPS) is 10.5. The third-order valence-corrected chi connectivity index (χ3v) is 4.18. The predicted molar refractivity (Wildman–Crippen MR) is 88.0 cm³/mol. The summed E-state index contributed by atoms with van der Waals surface area (Å²) < 4.78 is 1.04. The molecule has 5 heteroatoms. The van der Waals surface area contributed by atoms with Crippen molar-refractivity contribution in [2.75, 3.05) is 5.32 Å². The number of nitrogens with zero attached hydrogens (tertiary/aromatic N) is 1. The molecule has 0 saturated heterocycles. The van der Waals surface area contributed by atoms with Crippen molar-refractivity contribution in [2.24, 2.45) is 0 Å². The lowest BCUT2D eigenvalue weighted by atomic mass is 10.2. The minimum atomic E-state index is 0.0511. The molecule has 0 aliphatic carbocycles. The summed E-state index contributed by atoms with van der Waals surface area (Å²) in [6.45, 7) is 2.13. The second-order valence-electron chi connectivity index (χ2n) is 4.55. The molecule has 1 heterocycles. The number of amides is 1. The van der Waals surface area contributed by atoms with Crippen molar-refractivity contribution in [1.82, 2.24) is 4.98 Å². The summed E-state index contributed by atoms with van der Waals surface area (Å²) in [6, 6.07) is 7.98. The molecule has 0 aliphatic heterocycles. The van der Waals surface area contributed by atoms with Crippen LogP contribution in [0.3, 0.4) is 0 Å². The second kappa shape index (κ2) is 7.55. The number of nitrogens with one attached hydrogen (secondary N) is 1. The van der Waals surface area contributed by atoms with Crippen LogP contribution in [0.4, 0.5) is 5.13 Å². The highest BCUT2D eigenvalue weighted by Gasteiger charge is 2.07. The van der Waals surface area contributed by atoms with Crippen molar-refractivity contribution in [3.8, 4) is 11.3 Å². The first kappa shape index (κ1) is 15.2. The summed E-state index contributed by atoms with van der Waals surface area (Å²) in [5.74, 6) is 0.0511. The number of benzene rings is 1. The Morgan fingerprint density at radius 2 is 2.05 bits per heavy atom. The van der Waals surface area contributed by atoms with E-state index in [0.717, 1.165) is 35.0 Å². The molecule has 3 nitrogen and oxygen atoms in total. The van der Waals surface area contributed by atoms with Gasteiger partial charge in [-0.05, 0) is 18.6 Å². The number of carbonyl (C=O) groups is 1. The van der Waals surface area contributed by atoms with Crippen LogP contribution in [0.15, 0.2) is 34.1 Å². The molecule has 2 rings (SSSR count). The summed E-state index contributed by atoms with van der Waals surface area (Å²) in [7, 11) is 0. The molecule has 0 fully saturated rings. The fourth-order valence-corrected chi connectivity index (χ4v) is 2.80. The standard InChI is InChI=1S/C15H17BrN2OS/c1-2-3-4-5-14(19)18-15-17-13(10-20-15)11-6-8-12(16)9-7-11/h6-10H,2-5H2,1H3,(H,17,18,19). The number of carbonyl (C=O) groups excluding carboxylic acids is 1. The number of hydrogen-bond donors (Lipinski definition) is 1. The SMILES string of the molecule is CCCCCC(=O)Nc1nc(-c2ccc(Br)cc2)cs1. The van der Waals surface area contributed by atoms with Gasteiger partial charge in [-0.1, -0.05) is 47.8 Å². The van der Waals surface area contributed by atoms with Crippen molar-refractivity contribution in [1.29, 1.82) is 0 Å². The molecule has 106 valence electrons. The van der Waals surface area contributed by atoms with Crippen LogP contribution in [-0.2, 0) is 4.79 Å². The van der Waals surface area contributed by atoms with Gasteiger partial charge >= 0.3 is 0 Å². The van der Waals surface area contributed by atoms with Gasteiger partial charge in [-0.2, -0.15) is 0 Å². The number of rotatable bonds is 6. The van der Waals surface area contributed by atoms with Crippen LogP contribution in [0.1, 0.15) is 32.6 Å². The molecule has 0 spiro atoms. The highest BCUT2D eigenvalue weighted by molar-refractivity contribution is 9.10. The summed E-state index contributed by atoms with van der Waals surface area (Å²) in [6.07, 6.45) is 3.72. The molecule has 0 aliphatic rings. The molecule has 0 saturated carbocycles. The second-order valence-corrected chi connectivity index (χ2v) is 6.32. The van der Waals surface area contributed by atoms with Gasteiger partial charge < -0.3 is 5.32 Å². The molecular weight excluding hydrogens is 336 g/mol. The van der Waals surface area contributed by atoms with E-state index in [1.54, 1.807) is 0 Å². The van der Waals surface area contributed by atoms with E-state index in [4.69, 9.17) is 0 Å². The van der Waals surface area contributed by atoms with E-state index >= 15 is 0 Å². The van der Waals surface area contributed by atoms with E-state index in [0.29, 0.717) is 11.6 Å². The topological polar surface area (TPSA) is 42.0 Å². The lowest BCUT2D eigenvalue weighted by Gasteiger charge is -2.00. The maximum atomic E-state index is 11.7. The Morgan fingerprint density at radius 1 is 1.30 bits per heavy atom. The summed E-state index contributed by atoms with van der Waals surface area (Å²) >= 11 is 4.87. The van der Waals surface area contributed by atoms with Crippen LogP contribution in [0, 0.1) is 0 Å². The van der Waals surface area contributed by atoms with Gasteiger partial charge in [0.2, 0.25) is 5.91 Å². The average molecular weight is 353 g/mol. The third-order valence-electron chi connectivity index (χ3n) is 2.90. The number of thiazole rings is 1. The fourth-order valence-electron chi connectivity index (χ4n) is 1.80. The Kier molecular flexibility index (Phi) is 5.73. The van der Waals surface area contributed by atoms with Crippen LogP contribution in [0.25, 0.3) is 11.3 Å². The Hall–Kier alpha value is -1.20. The molecule has 0 unspecified atom stereocenters. The van der Waals surface area contributed by atoms with Gasteiger partial charge in [0.15, 0.2) is 5.13 Å². The molecule has 20 heavy (non-hydrogen) atoms. The van der Waals surface area contributed by atoms with E-state index in [2.05, 4.69) is 33.2 Å². The Labute approximate surface area is 131 Å². The number of aromatic nitrogens is 1. The van der Waals surface area contributed by atoms with Crippen LogP contribution in [0.2, 0.25) is 0 Å². The van der Waals surface area contributed by atoms with E-state index in [1.165, 1.54) is 11.3 Å². The molecule has 1 N–H and O–H groups in total. The Morgan fingerprint density at radius 3 is 2.75 bits per heavy atom. The van der Waals surface area contributed by atoms with Crippen molar-refractivity contribution < 1.29 is 4.79 Å². The molecule has 0 bridgehead atoms. The van der Waals surface area contributed by atoms with Crippen LogP contribution < -0.4 is 5.32 Å². The zero-order valence-corrected chi connectivity index (χ0v) is 13.8. The van der Waals surface area contributed by atoms with Gasteiger partial charge in [-0.25, -0.2) is 4.98 Å². The highest BCUT2D eigenvalue weighted by Crippen LogP contribution is 2.26. The van der Waals surface area contributed by atoms with Crippen molar-refractivity contribution in [2.45, 2.75) is 32.6 Å². The van der Waals surface area contributed by atoms with Gasteiger partial charge in [0.05, 0.1) is 5.69 Å². The zero-order valence-electron chi connectivity index (χ0n) is 11.4. The molecule has 0 atom stereocenters. The lowest BCUT2D eigenvalue weighted by Crippen LogP contribution is -2.10. The van der Waals surface area contributed by atoms with Gasteiger partial charge in [-0.3, -0.25) is 4.79 Å². The summed E-state index contributed by atoms with van der Waals surface area (Å²) in [5.41, 5.74) is 1.95. The van der Waals surface area contributed by atoms with Crippen molar-refractivity contribution in [3.05, 3.63) is 34.1 Å². The fraction of sp³-hybridized carbons (Fsp3) is 0.333. The maximum absolute atomic E-state index is 11.7. The zero-order chi connectivity index (χ0) is 14.4. The molecular formula is C15H17BrN2OS. The minimum Gasteiger partial charge on any atom is -0.302 e. The van der Waals surface area contributed by atoms with Gasteiger partial charge in [-0.15, -0.1) is 11.3 Å². The molecule has 2 aromatic rings. The number of halogens is 1. The van der Waals surface area contributed by atoms with Crippen molar-refractivity contribution >= 4 is 38.3 Å². The first-order chi connectivity index (χ1) is 9.69. The van der Waals surface area contributed by atoms with E-state index in [-0.39, 0.29) is 5.91 Å². The van der Waals surface area contributed by atoms with Crippen LogP contribution >= 0.6 is 27.3 Å². The van der Waals surface area contributed by atoms with Gasteiger partial charge in [0.25, 0.3) is 0 Å². The minimum absolute atomic E-state index is 0.0511. The van der Waals surface area contributed by atoms with Crippen LogP contribution in [0.5, 0.6) is 0 Å². The van der Waals surface area contributed by atoms with E-state index < -0.39 is 0 Å². The Balaban J connectivity index is 1.95. The van der Waals surface area contributed by atoms with E-state index in [9.17, 15) is 4.79 Å². The number of hydrogen-bond acceptors (Lipinski definition) is 3. The third kappa shape index (κ3) is 4.42. The number of unbranched alkanes of at least 4 members (excludes halogenated alkanes) is 2. The van der Waals surface area contributed by atoms with E-state index in [1.807, 2.05) is 29.6 Å². The number of anilines is 1. The first-order valence-corrected chi connectivity index (χ1v) is 8.37. The van der Waals surface area contributed by atoms with Gasteiger partial charge in [0.1, 0.15) is 0 Å². The first-order valence-electron chi connectivity index (χ1n) is 6.70. The van der Waals surface area contributed by atoms with Crippen molar-refractivity contribution in [3.63, 3.8) is 0 Å². The van der Waals surface area contributed by atoms with Crippen LogP contribution in [-0.4, -0.2) is 10.9 Å². The monoisotopic (exact) mass is 352 g/mol. The highest BCUT2D eigenvalue weighted by atomic mass is 79.9. The smallest absolute Gasteiger partial charge is 0.226 e. The van der Waals surface area contributed by atoms with Gasteiger partial charge in [0, 0.05) is 21.8 Å². The predicted octanol–water partition coefficient (Wildman–Crippen LogP) is 5.09.